The Hall–Kier alpha value is -2.48. The summed E-state index contributed by atoms with van der Waals surface area (Å²) in [6.45, 7) is 1.81. The summed E-state index contributed by atoms with van der Waals surface area (Å²) in [5, 5.41) is 3.99. The smallest absolute Gasteiger partial charge is 0.264 e. The molecule has 0 atom stereocenters. The molecular formula is C16H16FN3O3S. The molecule has 1 aromatic carbocycles. The van der Waals surface area contributed by atoms with Crippen LogP contribution < -0.4 is 4.72 Å². The van der Waals surface area contributed by atoms with Crippen LogP contribution >= 0.6 is 0 Å². The van der Waals surface area contributed by atoms with Crippen molar-refractivity contribution < 1.29 is 17.6 Å². The molecule has 1 N–H and O–H groups in total. The van der Waals surface area contributed by atoms with Gasteiger partial charge in [0.15, 0.2) is 0 Å². The minimum Gasteiger partial charge on any atom is -0.269 e. The van der Waals surface area contributed by atoms with Gasteiger partial charge in [0.25, 0.3) is 15.9 Å². The van der Waals surface area contributed by atoms with E-state index < -0.39 is 21.7 Å². The largest absolute Gasteiger partial charge is 0.269 e. The fraction of sp³-hybridized carbons (Fsp3) is 0.250. The number of carbonyl (C=O) groups excluding carboxylic acids is 1. The maximum absolute atomic E-state index is 14.3. The molecule has 1 aliphatic rings. The van der Waals surface area contributed by atoms with Crippen LogP contribution in [0.4, 0.5) is 4.39 Å². The Labute approximate surface area is 139 Å². The molecule has 1 amide bonds. The molecule has 0 aliphatic heterocycles. The van der Waals surface area contributed by atoms with E-state index in [0.717, 1.165) is 24.5 Å². The number of carbonyl (C=O) groups is 1. The predicted molar refractivity (Wildman–Crippen MR) is 85.5 cm³/mol. The van der Waals surface area contributed by atoms with Crippen molar-refractivity contribution in [1.82, 2.24) is 14.5 Å². The Morgan fingerprint density at radius 1 is 1.38 bits per heavy atom. The molecule has 0 saturated carbocycles. The lowest BCUT2D eigenvalue weighted by Crippen LogP contribution is -2.31. The first-order chi connectivity index (χ1) is 11.4. The number of benzene rings is 1. The van der Waals surface area contributed by atoms with E-state index in [2.05, 4.69) is 5.10 Å². The minimum absolute atomic E-state index is 0.131. The van der Waals surface area contributed by atoms with Gasteiger partial charge < -0.3 is 0 Å². The van der Waals surface area contributed by atoms with Gasteiger partial charge in [0.1, 0.15) is 11.5 Å². The van der Waals surface area contributed by atoms with E-state index in [9.17, 15) is 17.6 Å². The topological polar surface area (TPSA) is 81.1 Å². The second kappa shape index (κ2) is 6.20. The predicted octanol–water partition coefficient (Wildman–Crippen LogP) is 2.24. The maximum atomic E-state index is 14.3. The molecule has 0 radical (unpaired) electrons. The summed E-state index contributed by atoms with van der Waals surface area (Å²) >= 11 is 0. The van der Waals surface area contributed by atoms with E-state index in [4.69, 9.17) is 0 Å². The van der Waals surface area contributed by atoms with Gasteiger partial charge in [-0.25, -0.2) is 22.2 Å². The fourth-order valence-electron chi connectivity index (χ4n) is 2.51. The van der Waals surface area contributed by atoms with Crippen molar-refractivity contribution >= 4 is 15.9 Å². The molecule has 24 heavy (non-hydrogen) atoms. The lowest BCUT2D eigenvalue weighted by atomic mass is 10.2. The van der Waals surface area contributed by atoms with E-state index >= 15 is 0 Å². The zero-order chi connectivity index (χ0) is 17.3. The summed E-state index contributed by atoms with van der Waals surface area (Å²) in [4.78, 5) is 11.6. The number of halogens is 1. The molecule has 0 bridgehead atoms. The summed E-state index contributed by atoms with van der Waals surface area (Å²) in [5.74, 6) is -1.40. The molecule has 0 saturated heterocycles. The van der Waals surface area contributed by atoms with E-state index in [-0.39, 0.29) is 10.6 Å². The Kier molecular flexibility index (Phi) is 4.23. The van der Waals surface area contributed by atoms with Gasteiger partial charge in [-0.1, -0.05) is 6.08 Å². The van der Waals surface area contributed by atoms with Gasteiger partial charge in [-0.15, -0.1) is 0 Å². The van der Waals surface area contributed by atoms with Crippen LogP contribution in [0.1, 0.15) is 24.8 Å². The van der Waals surface area contributed by atoms with Gasteiger partial charge in [0, 0.05) is 11.8 Å². The van der Waals surface area contributed by atoms with Crippen LogP contribution in [0.15, 0.2) is 47.1 Å². The minimum atomic E-state index is -4.12. The first-order valence-electron chi connectivity index (χ1n) is 7.44. The third kappa shape index (κ3) is 3.23. The number of hydrogen-bond acceptors (Lipinski definition) is 4. The number of nitrogens with one attached hydrogen (secondary N) is 1. The summed E-state index contributed by atoms with van der Waals surface area (Å²) in [7, 11) is -4.12. The number of rotatable bonds is 4. The van der Waals surface area contributed by atoms with E-state index in [1.165, 1.54) is 16.8 Å². The average Bonchev–Trinajstić information content (AvgIpc) is 3.18. The molecule has 0 fully saturated rings. The average molecular weight is 349 g/mol. The monoisotopic (exact) mass is 349 g/mol. The molecule has 8 heteroatoms. The van der Waals surface area contributed by atoms with Gasteiger partial charge in [-0.05, 0) is 49.9 Å². The highest BCUT2D eigenvalue weighted by molar-refractivity contribution is 7.90. The molecule has 126 valence electrons. The van der Waals surface area contributed by atoms with Crippen molar-refractivity contribution in [2.75, 3.05) is 0 Å². The van der Waals surface area contributed by atoms with Crippen molar-refractivity contribution in [3.63, 3.8) is 0 Å². The van der Waals surface area contributed by atoms with E-state index in [0.29, 0.717) is 12.0 Å². The van der Waals surface area contributed by atoms with Gasteiger partial charge in [-0.3, -0.25) is 4.79 Å². The highest BCUT2D eigenvalue weighted by atomic mass is 32.2. The molecule has 1 aliphatic carbocycles. The van der Waals surface area contributed by atoms with Crippen LogP contribution in [-0.2, 0) is 14.8 Å². The fourth-order valence-corrected chi connectivity index (χ4v) is 3.51. The molecule has 2 aromatic rings. The number of sulfonamides is 1. The third-order valence-electron chi connectivity index (χ3n) is 3.75. The highest BCUT2D eigenvalue weighted by Crippen LogP contribution is 2.21. The summed E-state index contributed by atoms with van der Waals surface area (Å²) in [6.07, 6.45) is 7.05. The lowest BCUT2D eigenvalue weighted by Gasteiger charge is -2.09. The SMILES string of the molecule is Cc1cnn(-c2ccc(S(=O)(=O)NC(=O)C3=CCCC3)cc2F)c1. The molecule has 1 heterocycles. The first-order valence-corrected chi connectivity index (χ1v) is 8.92. The van der Waals surface area contributed by atoms with Crippen LogP contribution in [0.2, 0.25) is 0 Å². The first kappa shape index (κ1) is 16.4. The molecule has 6 nitrogen and oxygen atoms in total. The van der Waals surface area contributed by atoms with Crippen LogP contribution in [-0.4, -0.2) is 24.1 Å². The zero-order valence-corrected chi connectivity index (χ0v) is 13.8. The van der Waals surface area contributed by atoms with Crippen LogP contribution in [0, 0.1) is 12.7 Å². The third-order valence-corrected chi connectivity index (χ3v) is 5.08. The van der Waals surface area contributed by atoms with Gasteiger partial charge >= 0.3 is 0 Å². The van der Waals surface area contributed by atoms with E-state index in [1.54, 1.807) is 18.5 Å². The zero-order valence-electron chi connectivity index (χ0n) is 13.0. The molecular weight excluding hydrogens is 333 g/mol. The summed E-state index contributed by atoms with van der Waals surface area (Å²) in [6, 6.07) is 3.44. The second-order valence-electron chi connectivity index (χ2n) is 5.63. The Bertz CT molecular complexity index is 932. The summed E-state index contributed by atoms with van der Waals surface area (Å²) < 4.78 is 42.1. The van der Waals surface area contributed by atoms with Crippen molar-refractivity contribution in [2.24, 2.45) is 0 Å². The quantitative estimate of drug-likeness (QED) is 0.918. The molecule has 3 rings (SSSR count). The molecule has 0 unspecified atom stereocenters. The van der Waals surface area contributed by atoms with Crippen LogP contribution in [0.3, 0.4) is 0 Å². The van der Waals surface area contributed by atoms with Crippen LogP contribution in [0.5, 0.6) is 0 Å². The van der Waals surface area contributed by atoms with Gasteiger partial charge in [-0.2, -0.15) is 5.10 Å². The van der Waals surface area contributed by atoms with Crippen molar-refractivity contribution in [3.8, 4) is 5.69 Å². The normalized spacial score (nSPS) is 14.5. The Morgan fingerprint density at radius 2 is 2.17 bits per heavy atom. The number of aromatic nitrogens is 2. The number of nitrogens with zero attached hydrogens (tertiary/aromatic N) is 2. The van der Waals surface area contributed by atoms with E-state index in [1.807, 2.05) is 11.6 Å². The lowest BCUT2D eigenvalue weighted by molar-refractivity contribution is -0.115. The Morgan fingerprint density at radius 3 is 2.75 bits per heavy atom. The van der Waals surface area contributed by atoms with Crippen molar-refractivity contribution in [3.05, 3.63) is 53.6 Å². The summed E-state index contributed by atoms with van der Waals surface area (Å²) in [5.41, 5.74) is 1.43. The second-order valence-corrected chi connectivity index (χ2v) is 7.31. The maximum Gasteiger partial charge on any atom is 0.264 e. The number of amides is 1. The Balaban J connectivity index is 1.86. The van der Waals surface area contributed by atoms with Gasteiger partial charge in [0.2, 0.25) is 0 Å². The van der Waals surface area contributed by atoms with Gasteiger partial charge in [0.05, 0.1) is 11.1 Å². The highest BCUT2D eigenvalue weighted by Gasteiger charge is 2.22. The standard InChI is InChI=1S/C16H16FN3O3S/c1-11-9-18-20(10-11)15-7-6-13(8-14(15)17)24(22,23)19-16(21)12-4-2-3-5-12/h4,6-10H,2-3,5H2,1H3,(H,19,21). The number of allylic oxidation sites excluding steroid dienone is 1. The molecule has 1 aromatic heterocycles. The number of aryl methyl sites for hydroxylation is 1. The van der Waals surface area contributed by atoms with Crippen molar-refractivity contribution in [2.45, 2.75) is 31.1 Å². The number of hydrogen-bond donors (Lipinski definition) is 1. The molecule has 0 spiro atoms. The van der Waals surface area contributed by atoms with Crippen LogP contribution in [0.25, 0.3) is 5.69 Å². The van der Waals surface area contributed by atoms with Crippen molar-refractivity contribution in [1.29, 1.82) is 0 Å².